The maximum atomic E-state index is 11.9. The zero-order chi connectivity index (χ0) is 12.3. The predicted molar refractivity (Wildman–Crippen MR) is 64.5 cm³/mol. The fraction of sp³-hybridized carbons (Fsp3) is 0.692. The summed E-state index contributed by atoms with van der Waals surface area (Å²) in [5, 5.41) is 4.20. The lowest BCUT2D eigenvalue weighted by molar-refractivity contribution is -0.149. The number of hydrogen-bond acceptors (Lipinski definition) is 3. The second-order valence-electron chi connectivity index (χ2n) is 4.70. The van der Waals surface area contributed by atoms with Gasteiger partial charge in [-0.2, -0.15) is 5.10 Å². The third-order valence-corrected chi connectivity index (χ3v) is 3.51. The van der Waals surface area contributed by atoms with Crippen LogP contribution in [-0.4, -0.2) is 22.4 Å². The molecular weight excluding hydrogens is 216 g/mol. The number of nitrogens with zero attached hydrogens (tertiary/aromatic N) is 2. The van der Waals surface area contributed by atoms with Gasteiger partial charge in [-0.25, -0.2) is 0 Å². The molecular formula is C13H20N2O2. The Kier molecular flexibility index (Phi) is 3.82. The Hall–Kier alpha value is -1.32. The molecule has 1 fully saturated rings. The smallest absolute Gasteiger partial charge is 0.309 e. The van der Waals surface area contributed by atoms with Gasteiger partial charge >= 0.3 is 5.97 Å². The SMILES string of the molecule is CCOC(=O)[C@@H]1CCCC[C@H]1c1cnn(C)c1. The van der Waals surface area contributed by atoms with Crippen LogP contribution in [0.1, 0.15) is 44.1 Å². The summed E-state index contributed by atoms with van der Waals surface area (Å²) in [6, 6.07) is 0. The number of carbonyl (C=O) groups is 1. The molecule has 1 aliphatic carbocycles. The van der Waals surface area contributed by atoms with E-state index in [9.17, 15) is 4.79 Å². The highest BCUT2D eigenvalue weighted by Gasteiger charge is 2.33. The molecule has 0 N–H and O–H groups in total. The van der Waals surface area contributed by atoms with Crippen LogP contribution in [0.5, 0.6) is 0 Å². The molecule has 0 unspecified atom stereocenters. The lowest BCUT2D eigenvalue weighted by Crippen LogP contribution is -2.27. The first-order valence-corrected chi connectivity index (χ1v) is 6.37. The lowest BCUT2D eigenvalue weighted by atomic mass is 9.76. The normalized spacial score (nSPS) is 24.6. The first-order chi connectivity index (χ1) is 8.22. The van der Waals surface area contributed by atoms with Crippen molar-refractivity contribution < 1.29 is 9.53 Å². The Morgan fingerprint density at radius 1 is 1.53 bits per heavy atom. The summed E-state index contributed by atoms with van der Waals surface area (Å²) in [5.41, 5.74) is 1.17. The number of aromatic nitrogens is 2. The van der Waals surface area contributed by atoms with Crippen LogP contribution < -0.4 is 0 Å². The Bertz CT molecular complexity index is 387. The predicted octanol–water partition coefficient (Wildman–Crippen LogP) is 2.26. The van der Waals surface area contributed by atoms with Crippen LogP contribution in [-0.2, 0) is 16.6 Å². The van der Waals surface area contributed by atoms with Gasteiger partial charge in [0.05, 0.1) is 18.7 Å². The highest BCUT2D eigenvalue weighted by Crippen LogP contribution is 2.38. The van der Waals surface area contributed by atoms with Gasteiger partial charge in [0.15, 0.2) is 0 Å². The fourth-order valence-electron chi connectivity index (χ4n) is 2.69. The molecule has 17 heavy (non-hydrogen) atoms. The quantitative estimate of drug-likeness (QED) is 0.756. The molecule has 1 aliphatic rings. The van der Waals surface area contributed by atoms with Crippen molar-refractivity contribution in [2.24, 2.45) is 13.0 Å². The molecule has 2 atom stereocenters. The molecule has 4 nitrogen and oxygen atoms in total. The molecule has 1 saturated carbocycles. The van der Waals surface area contributed by atoms with Crippen LogP contribution in [0.4, 0.5) is 0 Å². The minimum atomic E-state index is -0.0407. The van der Waals surface area contributed by atoms with Gasteiger partial charge < -0.3 is 4.74 Å². The molecule has 1 heterocycles. The van der Waals surface area contributed by atoms with E-state index in [4.69, 9.17) is 4.74 Å². The summed E-state index contributed by atoms with van der Waals surface area (Å²) in [6.07, 6.45) is 8.22. The number of hydrogen-bond donors (Lipinski definition) is 0. The van der Waals surface area contributed by atoms with Crippen LogP contribution in [0, 0.1) is 5.92 Å². The first-order valence-electron chi connectivity index (χ1n) is 6.37. The summed E-state index contributed by atoms with van der Waals surface area (Å²) in [5.74, 6) is 0.269. The zero-order valence-corrected chi connectivity index (χ0v) is 10.6. The fourth-order valence-corrected chi connectivity index (χ4v) is 2.69. The van der Waals surface area contributed by atoms with Gasteiger partial charge in [0.2, 0.25) is 0 Å². The molecule has 1 aromatic rings. The molecule has 0 amide bonds. The average molecular weight is 236 g/mol. The van der Waals surface area contributed by atoms with Crippen molar-refractivity contribution in [2.45, 2.75) is 38.5 Å². The highest BCUT2D eigenvalue weighted by atomic mass is 16.5. The number of aryl methyl sites for hydroxylation is 1. The number of carbonyl (C=O) groups excluding carboxylic acids is 1. The van der Waals surface area contributed by atoms with E-state index >= 15 is 0 Å². The third-order valence-electron chi connectivity index (χ3n) is 3.51. The second-order valence-corrected chi connectivity index (χ2v) is 4.70. The van der Waals surface area contributed by atoms with E-state index in [1.165, 1.54) is 12.0 Å². The van der Waals surface area contributed by atoms with Crippen LogP contribution in [0.3, 0.4) is 0 Å². The largest absolute Gasteiger partial charge is 0.466 e. The molecule has 0 aromatic carbocycles. The zero-order valence-electron chi connectivity index (χ0n) is 10.6. The molecule has 0 bridgehead atoms. The summed E-state index contributed by atoms with van der Waals surface area (Å²) >= 11 is 0. The van der Waals surface area contributed by atoms with Crippen LogP contribution in [0.15, 0.2) is 12.4 Å². The molecule has 94 valence electrons. The van der Waals surface area contributed by atoms with Gasteiger partial charge in [0.25, 0.3) is 0 Å². The minimum absolute atomic E-state index is 0.0212. The maximum absolute atomic E-state index is 11.9. The van der Waals surface area contributed by atoms with Crippen molar-refractivity contribution in [3.63, 3.8) is 0 Å². The summed E-state index contributed by atoms with van der Waals surface area (Å²) in [4.78, 5) is 11.9. The maximum Gasteiger partial charge on any atom is 0.309 e. The first kappa shape index (κ1) is 12.1. The van der Waals surface area contributed by atoms with Gasteiger partial charge in [-0.15, -0.1) is 0 Å². The minimum Gasteiger partial charge on any atom is -0.466 e. The summed E-state index contributed by atoms with van der Waals surface area (Å²) in [7, 11) is 1.91. The Labute approximate surface area is 102 Å². The van der Waals surface area contributed by atoms with Gasteiger partial charge in [-0.1, -0.05) is 12.8 Å². The molecule has 1 aromatic heterocycles. The van der Waals surface area contributed by atoms with E-state index < -0.39 is 0 Å². The molecule has 2 rings (SSSR count). The van der Waals surface area contributed by atoms with Crippen molar-refractivity contribution in [1.82, 2.24) is 9.78 Å². The highest BCUT2D eigenvalue weighted by molar-refractivity contribution is 5.73. The monoisotopic (exact) mass is 236 g/mol. The van der Waals surface area contributed by atoms with E-state index in [2.05, 4.69) is 5.10 Å². The number of ether oxygens (including phenoxy) is 1. The Balaban J connectivity index is 2.14. The third kappa shape index (κ3) is 2.68. The summed E-state index contributed by atoms with van der Waals surface area (Å²) in [6.45, 7) is 2.33. The standard InChI is InChI=1S/C13H20N2O2/c1-3-17-13(16)12-7-5-4-6-11(12)10-8-14-15(2)9-10/h8-9,11-12H,3-7H2,1-2H3/t11-,12+/m0/s1. The van der Waals surface area contributed by atoms with Crippen molar-refractivity contribution in [3.8, 4) is 0 Å². The molecule has 4 heteroatoms. The Morgan fingerprint density at radius 3 is 2.94 bits per heavy atom. The Morgan fingerprint density at radius 2 is 2.29 bits per heavy atom. The van der Waals surface area contributed by atoms with Crippen molar-refractivity contribution in [2.75, 3.05) is 6.61 Å². The van der Waals surface area contributed by atoms with Gasteiger partial charge in [0.1, 0.15) is 0 Å². The summed E-state index contributed by atoms with van der Waals surface area (Å²) < 4.78 is 6.97. The average Bonchev–Trinajstić information content (AvgIpc) is 2.76. The van der Waals surface area contributed by atoms with E-state index in [1.807, 2.05) is 26.4 Å². The van der Waals surface area contributed by atoms with Gasteiger partial charge in [-0.05, 0) is 25.3 Å². The van der Waals surface area contributed by atoms with Gasteiger partial charge in [-0.3, -0.25) is 9.48 Å². The van der Waals surface area contributed by atoms with Crippen LogP contribution in [0.2, 0.25) is 0 Å². The van der Waals surface area contributed by atoms with Gasteiger partial charge in [0, 0.05) is 19.2 Å². The van der Waals surface area contributed by atoms with E-state index in [0.29, 0.717) is 6.61 Å². The topological polar surface area (TPSA) is 44.1 Å². The van der Waals surface area contributed by atoms with Crippen molar-refractivity contribution in [1.29, 1.82) is 0 Å². The van der Waals surface area contributed by atoms with Crippen molar-refractivity contribution >= 4 is 5.97 Å². The lowest BCUT2D eigenvalue weighted by Gasteiger charge is -2.29. The van der Waals surface area contributed by atoms with Crippen LogP contribution >= 0.6 is 0 Å². The molecule has 0 aliphatic heterocycles. The second kappa shape index (κ2) is 5.34. The van der Waals surface area contributed by atoms with Crippen molar-refractivity contribution in [3.05, 3.63) is 18.0 Å². The van der Waals surface area contributed by atoms with E-state index in [0.717, 1.165) is 19.3 Å². The molecule has 0 saturated heterocycles. The molecule has 0 spiro atoms. The number of esters is 1. The van der Waals surface area contributed by atoms with Crippen LogP contribution in [0.25, 0.3) is 0 Å². The molecule has 0 radical (unpaired) electrons. The van der Waals surface area contributed by atoms with E-state index in [1.54, 1.807) is 4.68 Å². The number of rotatable bonds is 3. The van der Waals surface area contributed by atoms with E-state index in [-0.39, 0.29) is 17.8 Å².